The fourth-order valence-electron chi connectivity index (χ4n) is 1.95. The first-order chi connectivity index (χ1) is 6.55. The molecule has 0 saturated carbocycles. The van der Waals surface area contributed by atoms with Crippen LogP contribution in [-0.4, -0.2) is 47.7 Å². The number of sulfone groups is 1. The highest BCUT2D eigenvalue weighted by Crippen LogP contribution is 2.15. The third-order valence-electron chi connectivity index (χ3n) is 2.77. The average Bonchev–Trinajstić information content (AvgIpc) is 2.06. The Balaban J connectivity index is 1.75. The summed E-state index contributed by atoms with van der Waals surface area (Å²) in [5, 5.41) is 3.32. The van der Waals surface area contributed by atoms with Gasteiger partial charge < -0.3 is 5.32 Å². The predicted molar refractivity (Wildman–Crippen MR) is 56.5 cm³/mol. The normalized spacial score (nSPS) is 37.7. The molecule has 0 atom stereocenters. The molecule has 2 heterocycles. The first-order valence-corrected chi connectivity index (χ1v) is 8.17. The van der Waals surface area contributed by atoms with E-state index in [0.29, 0.717) is 6.04 Å². The van der Waals surface area contributed by atoms with Gasteiger partial charge in [-0.3, -0.25) is 4.21 Å². The van der Waals surface area contributed by atoms with Crippen LogP contribution in [-0.2, 0) is 20.6 Å². The van der Waals surface area contributed by atoms with Gasteiger partial charge in [-0.1, -0.05) is 0 Å². The van der Waals surface area contributed by atoms with Crippen molar-refractivity contribution in [1.82, 2.24) is 5.32 Å². The van der Waals surface area contributed by atoms with E-state index in [1.807, 2.05) is 0 Å². The van der Waals surface area contributed by atoms with Gasteiger partial charge in [-0.05, 0) is 12.8 Å². The van der Waals surface area contributed by atoms with Gasteiger partial charge in [0.1, 0.15) is 0 Å². The molecule has 0 aliphatic carbocycles. The van der Waals surface area contributed by atoms with E-state index >= 15 is 0 Å². The molecule has 2 saturated heterocycles. The van der Waals surface area contributed by atoms with Gasteiger partial charge in [-0.25, -0.2) is 8.42 Å². The zero-order chi connectivity index (χ0) is 10.2. The Morgan fingerprint density at radius 1 is 1.07 bits per heavy atom. The summed E-state index contributed by atoms with van der Waals surface area (Å²) >= 11 is 0. The van der Waals surface area contributed by atoms with E-state index in [2.05, 4.69) is 5.32 Å². The Hall–Kier alpha value is 0.0600. The lowest BCUT2D eigenvalue weighted by atomic mass is 10.1. The molecular weight excluding hydrogens is 222 g/mol. The molecule has 1 N–H and O–H groups in total. The largest absolute Gasteiger partial charge is 0.309 e. The van der Waals surface area contributed by atoms with Crippen LogP contribution in [0.2, 0.25) is 0 Å². The van der Waals surface area contributed by atoms with Crippen molar-refractivity contribution in [3.63, 3.8) is 0 Å². The molecule has 0 amide bonds. The van der Waals surface area contributed by atoms with E-state index in [9.17, 15) is 12.6 Å². The highest BCUT2D eigenvalue weighted by atomic mass is 32.2. The summed E-state index contributed by atoms with van der Waals surface area (Å²) in [7, 11) is -3.35. The highest BCUT2D eigenvalue weighted by molar-refractivity contribution is 7.92. The van der Waals surface area contributed by atoms with Gasteiger partial charge in [-0.15, -0.1) is 0 Å². The number of nitrogens with one attached hydrogen (secondary N) is 1. The molecule has 2 rings (SSSR count). The van der Waals surface area contributed by atoms with Crippen molar-refractivity contribution < 1.29 is 12.6 Å². The summed E-state index contributed by atoms with van der Waals surface area (Å²) in [5.41, 5.74) is 0. The summed E-state index contributed by atoms with van der Waals surface area (Å²) in [6, 6.07) is 0.532. The molecule has 0 aromatic carbocycles. The van der Waals surface area contributed by atoms with E-state index in [1.54, 1.807) is 0 Å². The van der Waals surface area contributed by atoms with Crippen molar-refractivity contribution in [3.8, 4) is 0 Å². The summed E-state index contributed by atoms with van der Waals surface area (Å²) in [6.07, 6.45) is 1.84. The third-order valence-corrected chi connectivity index (χ3v) is 5.97. The summed E-state index contributed by atoms with van der Waals surface area (Å²) in [4.78, 5) is 0. The molecule has 2 aliphatic heterocycles. The van der Waals surface area contributed by atoms with Crippen LogP contribution in [0.4, 0.5) is 0 Å². The van der Waals surface area contributed by atoms with Crippen LogP contribution in [0.15, 0.2) is 0 Å². The molecule has 0 spiro atoms. The highest BCUT2D eigenvalue weighted by Gasteiger charge is 2.34. The molecule has 0 radical (unpaired) electrons. The Morgan fingerprint density at radius 3 is 2.14 bits per heavy atom. The van der Waals surface area contributed by atoms with Crippen LogP contribution in [0.3, 0.4) is 0 Å². The minimum Gasteiger partial charge on any atom is -0.309 e. The molecule has 14 heavy (non-hydrogen) atoms. The van der Waals surface area contributed by atoms with E-state index < -0.39 is 20.6 Å². The van der Waals surface area contributed by atoms with Crippen molar-refractivity contribution >= 4 is 20.6 Å². The van der Waals surface area contributed by atoms with Crippen molar-refractivity contribution in [2.24, 2.45) is 0 Å². The molecule has 0 bridgehead atoms. The van der Waals surface area contributed by atoms with Crippen molar-refractivity contribution in [3.05, 3.63) is 0 Å². The Morgan fingerprint density at radius 2 is 1.64 bits per heavy atom. The Kier molecular flexibility index (Phi) is 2.95. The predicted octanol–water partition coefficient (Wildman–Crippen LogP) is -0.716. The molecule has 0 aromatic heterocycles. The van der Waals surface area contributed by atoms with Gasteiger partial charge in [0.2, 0.25) is 0 Å². The van der Waals surface area contributed by atoms with Crippen molar-refractivity contribution in [1.29, 1.82) is 0 Å². The van der Waals surface area contributed by atoms with Crippen molar-refractivity contribution in [2.45, 2.75) is 24.9 Å². The van der Waals surface area contributed by atoms with Crippen LogP contribution in [0.5, 0.6) is 0 Å². The van der Waals surface area contributed by atoms with Crippen molar-refractivity contribution in [2.75, 3.05) is 23.0 Å². The van der Waals surface area contributed by atoms with Gasteiger partial charge in [0.25, 0.3) is 0 Å². The number of hydrogen-bond donors (Lipinski definition) is 1. The van der Waals surface area contributed by atoms with Crippen LogP contribution < -0.4 is 5.32 Å². The fraction of sp³-hybridized carbons (Fsp3) is 1.00. The van der Waals surface area contributed by atoms with Crippen LogP contribution in [0.1, 0.15) is 12.8 Å². The van der Waals surface area contributed by atoms with E-state index in [-0.39, 0.29) is 17.5 Å². The zero-order valence-corrected chi connectivity index (χ0v) is 9.57. The zero-order valence-electron chi connectivity index (χ0n) is 7.94. The van der Waals surface area contributed by atoms with E-state index in [0.717, 1.165) is 24.3 Å². The smallest absolute Gasteiger partial charge is 0.153 e. The monoisotopic (exact) mass is 237 g/mol. The quantitative estimate of drug-likeness (QED) is 0.689. The minimum absolute atomic E-state index is 0.150. The van der Waals surface area contributed by atoms with Gasteiger partial charge in [0, 0.05) is 34.4 Å². The fourth-order valence-corrected chi connectivity index (χ4v) is 4.57. The van der Waals surface area contributed by atoms with Crippen LogP contribution in [0.25, 0.3) is 0 Å². The maximum Gasteiger partial charge on any atom is 0.153 e. The topological polar surface area (TPSA) is 63.2 Å². The van der Waals surface area contributed by atoms with E-state index in [1.165, 1.54) is 0 Å². The third kappa shape index (κ3) is 2.55. The molecule has 6 heteroatoms. The lowest BCUT2D eigenvalue weighted by Gasteiger charge is -2.32. The molecular formula is C8H15NO3S2. The number of rotatable bonds is 2. The molecule has 2 fully saturated rings. The standard InChI is InChI=1S/C8H15NO3S2/c10-13-3-1-7(2-4-13)9-8-5-14(11,12)6-8/h7-9H,1-6H2. The molecule has 4 nitrogen and oxygen atoms in total. The maximum atomic E-state index is 11.1. The second-order valence-electron chi connectivity index (χ2n) is 4.06. The van der Waals surface area contributed by atoms with Gasteiger partial charge in [0.05, 0.1) is 11.5 Å². The lowest BCUT2D eigenvalue weighted by Crippen LogP contribution is -2.55. The Bertz CT molecular complexity index is 316. The van der Waals surface area contributed by atoms with E-state index in [4.69, 9.17) is 0 Å². The molecule has 82 valence electrons. The Labute approximate surface area is 86.8 Å². The second-order valence-corrected chi connectivity index (χ2v) is 7.91. The maximum absolute atomic E-state index is 11.1. The van der Waals surface area contributed by atoms with Gasteiger partial charge in [-0.2, -0.15) is 0 Å². The van der Waals surface area contributed by atoms with Gasteiger partial charge >= 0.3 is 0 Å². The molecule has 2 aliphatic rings. The van der Waals surface area contributed by atoms with Crippen LogP contribution in [0, 0.1) is 0 Å². The lowest BCUT2D eigenvalue weighted by molar-refractivity contribution is 0.417. The van der Waals surface area contributed by atoms with Crippen LogP contribution >= 0.6 is 0 Å². The summed E-state index contributed by atoms with van der Waals surface area (Å²) < 4.78 is 32.9. The first kappa shape index (κ1) is 10.6. The second kappa shape index (κ2) is 3.90. The minimum atomic E-state index is -2.71. The molecule has 0 unspecified atom stereocenters. The summed E-state index contributed by atoms with van der Waals surface area (Å²) in [6.45, 7) is 0. The SMILES string of the molecule is O=S1CCC(NC2CS(=O)(=O)C2)CC1. The van der Waals surface area contributed by atoms with Gasteiger partial charge in [0.15, 0.2) is 9.84 Å². The number of hydrogen-bond acceptors (Lipinski definition) is 4. The molecule has 0 aromatic rings. The average molecular weight is 237 g/mol. The first-order valence-electron chi connectivity index (χ1n) is 4.87. The summed E-state index contributed by atoms with van der Waals surface area (Å²) in [5.74, 6) is 2.09.